The van der Waals surface area contributed by atoms with E-state index in [1.807, 2.05) is 0 Å². The quantitative estimate of drug-likeness (QED) is 0.374. The highest BCUT2D eigenvalue weighted by Crippen LogP contribution is 2.31. The average molecular weight is 587 g/mol. The molecule has 1 aromatic carbocycles. The van der Waals surface area contributed by atoms with Crippen LogP contribution in [0, 0.1) is 17.7 Å². The van der Waals surface area contributed by atoms with Crippen LogP contribution < -0.4 is 10.9 Å². The predicted molar refractivity (Wildman–Crippen MR) is 167 cm³/mol. The first-order chi connectivity index (χ1) is 21.0. The Hall–Kier alpha value is -3.59. The van der Waals surface area contributed by atoms with Crippen molar-refractivity contribution in [1.82, 2.24) is 24.3 Å². The number of piperidine rings is 2. The first-order valence-corrected chi connectivity index (χ1v) is 16.1. The molecule has 8 nitrogen and oxygen atoms in total. The molecule has 0 spiro atoms. The summed E-state index contributed by atoms with van der Waals surface area (Å²) in [7, 11) is 0. The van der Waals surface area contributed by atoms with Crippen molar-refractivity contribution in [2.75, 3.05) is 38.0 Å². The number of amides is 1. The molecule has 2 unspecified atom stereocenters. The molecular weight excluding hydrogens is 543 g/mol. The number of hydrogen-bond acceptors (Lipinski definition) is 6. The van der Waals surface area contributed by atoms with E-state index in [1.54, 1.807) is 42.6 Å². The summed E-state index contributed by atoms with van der Waals surface area (Å²) >= 11 is 0. The summed E-state index contributed by atoms with van der Waals surface area (Å²) in [5.41, 5.74) is 1.21. The van der Waals surface area contributed by atoms with Gasteiger partial charge in [-0.05, 0) is 95.1 Å². The van der Waals surface area contributed by atoms with Crippen LogP contribution in [0.1, 0.15) is 64.2 Å². The first kappa shape index (κ1) is 29.5. The molecule has 228 valence electrons. The minimum atomic E-state index is -0.529. The fraction of sp³-hybridized carbons (Fsp3) is 0.529. The standard InChI is InChI=1S/C34H43FN6O2/c35-30-24-36-34(38-32(30)26-8-7-11-29(23-26)41-18-5-2-12-31(41)42)37-28-10-6-9-27(22-28)33(43)40-20-14-25(15-21-40)13-19-39-16-3-1-4-17-39/h2,5,7-8,11-12,18,23-25,27-28H,1,3-4,6,9-10,13-17,19-22H2,(H,36,37,38). The second kappa shape index (κ2) is 13.8. The van der Waals surface area contributed by atoms with Gasteiger partial charge in [-0.2, -0.15) is 0 Å². The number of anilines is 1. The zero-order valence-electron chi connectivity index (χ0n) is 25.0. The van der Waals surface area contributed by atoms with Crippen LogP contribution in [-0.4, -0.2) is 69.0 Å². The molecule has 1 amide bonds. The summed E-state index contributed by atoms with van der Waals surface area (Å²) in [6, 6.07) is 12.1. The largest absolute Gasteiger partial charge is 0.351 e. The van der Waals surface area contributed by atoms with Gasteiger partial charge >= 0.3 is 0 Å². The van der Waals surface area contributed by atoms with E-state index in [9.17, 15) is 14.0 Å². The number of carbonyl (C=O) groups is 1. The van der Waals surface area contributed by atoms with Crippen molar-refractivity contribution in [3.8, 4) is 16.9 Å². The van der Waals surface area contributed by atoms with Crippen LogP contribution >= 0.6 is 0 Å². The topological polar surface area (TPSA) is 83.4 Å². The Bertz CT molecular complexity index is 1450. The Morgan fingerprint density at radius 3 is 2.60 bits per heavy atom. The summed E-state index contributed by atoms with van der Waals surface area (Å²) < 4.78 is 16.4. The lowest BCUT2D eigenvalue weighted by atomic mass is 9.84. The van der Waals surface area contributed by atoms with Crippen molar-refractivity contribution < 1.29 is 9.18 Å². The number of nitrogens with one attached hydrogen (secondary N) is 1. The normalized spacial score (nSPS) is 21.9. The number of hydrogen-bond donors (Lipinski definition) is 1. The molecule has 3 aromatic rings. The highest BCUT2D eigenvalue weighted by Gasteiger charge is 2.32. The van der Waals surface area contributed by atoms with Crippen molar-refractivity contribution in [3.05, 3.63) is 71.0 Å². The van der Waals surface area contributed by atoms with E-state index in [-0.39, 0.29) is 29.1 Å². The first-order valence-electron chi connectivity index (χ1n) is 16.1. The third-order valence-electron chi connectivity index (χ3n) is 9.55. The molecule has 3 fully saturated rings. The number of nitrogens with zero attached hydrogens (tertiary/aromatic N) is 5. The molecule has 1 N–H and O–H groups in total. The van der Waals surface area contributed by atoms with Crippen LogP contribution in [0.2, 0.25) is 0 Å². The summed E-state index contributed by atoms with van der Waals surface area (Å²) in [5, 5.41) is 3.40. The number of halogens is 1. The Morgan fingerprint density at radius 1 is 0.953 bits per heavy atom. The average Bonchev–Trinajstić information content (AvgIpc) is 3.05. The second-order valence-corrected chi connectivity index (χ2v) is 12.5. The highest BCUT2D eigenvalue weighted by molar-refractivity contribution is 5.79. The van der Waals surface area contributed by atoms with E-state index in [2.05, 4.69) is 25.1 Å². The van der Waals surface area contributed by atoms with Gasteiger partial charge in [0.2, 0.25) is 11.9 Å². The highest BCUT2D eigenvalue weighted by atomic mass is 19.1. The van der Waals surface area contributed by atoms with Gasteiger partial charge in [-0.3, -0.25) is 14.2 Å². The fourth-order valence-electron chi connectivity index (χ4n) is 7.06. The van der Waals surface area contributed by atoms with Crippen LogP contribution in [0.15, 0.2) is 59.7 Å². The van der Waals surface area contributed by atoms with Gasteiger partial charge in [-0.1, -0.05) is 31.0 Å². The lowest BCUT2D eigenvalue weighted by Crippen LogP contribution is -2.44. The van der Waals surface area contributed by atoms with Gasteiger partial charge in [0.25, 0.3) is 5.56 Å². The Morgan fingerprint density at radius 2 is 1.79 bits per heavy atom. The summed E-state index contributed by atoms with van der Waals surface area (Å²) in [6.45, 7) is 5.46. The van der Waals surface area contributed by atoms with Crippen molar-refractivity contribution in [3.63, 3.8) is 0 Å². The zero-order chi connectivity index (χ0) is 29.6. The van der Waals surface area contributed by atoms with Crippen molar-refractivity contribution in [2.45, 2.75) is 70.3 Å². The third kappa shape index (κ3) is 7.32. The van der Waals surface area contributed by atoms with E-state index in [0.29, 0.717) is 17.2 Å². The Kier molecular flexibility index (Phi) is 9.46. The van der Waals surface area contributed by atoms with Gasteiger partial charge in [0.1, 0.15) is 5.69 Å². The van der Waals surface area contributed by atoms with Gasteiger partial charge in [-0.25, -0.2) is 14.4 Å². The van der Waals surface area contributed by atoms with Crippen LogP contribution in [0.25, 0.3) is 16.9 Å². The van der Waals surface area contributed by atoms with Gasteiger partial charge < -0.3 is 15.1 Å². The van der Waals surface area contributed by atoms with E-state index < -0.39 is 5.82 Å². The van der Waals surface area contributed by atoms with E-state index >= 15 is 0 Å². The molecule has 3 aliphatic rings. The SMILES string of the molecule is O=C(C1CCCC(Nc2ncc(F)c(-c3cccc(-n4ccccc4=O)c3)n2)C1)N1CCC(CCN2CCCCC2)CC1. The zero-order valence-corrected chi connectivity index (χ0v) is 25.0. The monoisotopic (exact) mass is 586 g/mol. The predicted octanol–water partition coefficient (Wildman–Crippen LogP) is 5.52. The van der Waals surface area contributed by atoms with Gasteiger partial charge in [0.15, 0.2) is 5.82 Å². The molecular formula is C34H43FN6O2. The van der Waals surface area contributed by atoms with Crippen molar-refractivity contribution in [2.24, 2.45) is 11.8 Å². The van der Waals surface area contributed by atoms with Crippen LogP contribution in [0.3, 0.4) is 0 Å². The minimum Gasteiger partial charge on any atom is -0.351 e. The molecule has 4 heterocycles. The number of aromatic nitrogens is 3. The lowest BCUT2D eigenvalue weighted by Gasteiger charge is -2.37. The van der Waals surface area contributed by atoms with E-state index in [4.69, 9.17) is 0 Å². The fourth-order valence-corrected chi connectivity index (χ4v) is 7.06. The minimum absolute atomic E-state index is 0.00284. The van der Waals surface area contributed by atoms with Crippen LogP contribution in [-0.2, 0) is 4.79 Å². The molecule has 2 aromatic heterocycles. The van der Waals surface area contributed by atoms with Gasteiger partial charge in [0.05, 0.1) is 6.20 Å². The molecule has 9 heteroatoms. The number of carbonyl (C=O) groups excluding carboxylic acids is 1. The van der Waals surface area contributed by atoms with Crippen molar-refractivity contribution in [1.29, 1.82) is 0 Å². The molecule has 6 rings (SSSR count). The maximum Gasteiger partial charge on any atom is 0.255 e. The molecule has 0 bridgehead atoms. The summed E-state index contributed by atoms with van der Waals surface area (Å²) in [4.78, 5) is 39.3. The second-order valence-electron chi connectivity index (χ2n) is 12.5. The molecule has 1 saturated carbocycles. The molecule has 2 atom stereocenters. The maximum absolute atomic E-state index is 14.9. The molecule has 0 radical (unpaired) electrons. The number of pyridine rings is 1. The van der Waals surface area contributed by atoms with E-state index in [1.165, 1.54) is 62.1 Å². The maximum atomic E-state index is 14.9. The van der Waals surface area contributed by atoms with Gasteiger partial charge in [0, 0.05) is 48.6 Å². The summed E-state index contributed by atoms with van der Waals surface area (Å²) in [5.74, 6) is 0.836. The summed E-state index contributed by atoms with van der Waals surface area (Å²) in [6.07, 6.45) is 13.9. The van der Waals surface area contributed by atoms with Crippen LogP contribution in [0.5, 0.6) is 0 Å². The number of benzene rings is 1. The van der Waals surface area contributed by atoms with E-state index in [0.717, 1.165) is 57.5 Å². The number of likely N-dealkylation sites (tertiary alicyclic amines) is 2. The molecule has 2 saturated heterocycles. The molecule has 2 aliphatic heterocycles. The lowest BCUT2D eigenvalue weighted by molar-refractivity contribution is -0.138. The van der Waals surface area contributed by atoms with Gasteiger partial charge in [-0.15, -0.1) is 0 Å². The number of rotatable bonds is 8. The third-order valence-corrected chi connectivity index (χ3v) is 9.55. The molecule has 43 heavy (non-hydrogen) atoms. The van der Waals surface area contributed by atoms with Crippen molar-refractivity contribution >= 4 is 11.9 Å². The Labute approximate surface area is 253 Å². The Balaban J connectivity index is 1.05. The van der Waals surface area contributed by atoms with Crippen LogP contribution in [0.4, 0.5) is 10.3 Å². The smallest absolute Gasteiger partial charge is 0.255 e. The molecule has 1 aliphatic carbocycles.